The Bertz CT molecular complexity index is 1490. The quantitative estimate of drug-likeness (QED) is 0.323. The number of halogens is 4. The minimum Gasteiger partial charge on any atom is -0.478 e. The normalized spacial score (nSPS) is 11.6. The van der Waals surface area contributed by atoms with Crippen molar-refractivity contribution in [1.82, 2.24) is 24.9 Å². The first kappa shape index (κ1) is 25.2. The summed E-state index contributed by atoms with van der Waals surface area (Å²) in [5, 5.41) is 0.413. The lowest BCUT2D eigenvalue weighted by Gasteiger charge is -2.14. The summed E-state index contributed by atoms with van der Waals surface area (Å²) in [6.07, 6.45) is 0.308. The molecule has 3 heterocycles. The number of alkyl halides is 2. The molecule has 0 aliphatic heterocycles. The third-order valence-corrected chi connectivity index (χ3v) is 6.35. The fourth-order valence-corrected chi connectivity index (χ4v) is 4.57. The van der Waals surface area contributed by atoms with Crippen molar-refractivity contribution in [3.05, 3.63) is 41.6 Å². The summed E-state index contributed by atoms with van der Waals surface area (Å²) in [5.41, 5.74) is 0.539. The lowest BCUT2D eigenvalue weighted by Crippen LogP contribution is -2.16. The summed E-state index contributed by atoms with van der Waals surface area (Å²) in [7, 11) is -1.97. The number of rotatable bonds is 9. The topological polar surface area (TPSA) is 141 Å². The van der Waals surface area contributed by atoms with Crippen LogP contribution in [0, 0.1) is 5.82 Å². The van der Waals surface area contributed by atoms with Crippen molar-refractivity contribution in [2.75, 3.05) is 25.5 Å². The van der Waals surface area contributed by atoms with Gasteiger partial charge in [-0.25, -0.2) is 36.3 Å². The average molecular weight is 545 g/mol. The second kappa shape index (κ2) is 10.0. The highest BCUT2D eigenvalue weighted by Gasteiger charge is 2.26. The monoisotopic (exact) mass is 544 g/mol. The number of benzene rings is 1. The zero-order valence-corrected chi connectivity index (χ0v) is 20.0. The van der Waals surface area contributed by atoms with Crippen LogP contribution in [0.1, 0.15) is 0 Å². The van der Waals surface area contributed by atoms with Crippen molar-refractivity contribution in [2.45, 2.75) is 11.3 Å². The first-order chi connectivity index (χ1) is 17.1. The van der Waals surface area contributed by atoms with Crippen molar-refractivity contribution in [3.8, 4) is 28.9 Å². The van der Waals surface area contributed by atoms with E-state index in [4.69, 9.17) is 25.8 Å². The lowest BCUT2D eigenvalue weighted by atomic mass is 10.1. The predicted octanol–water partition coefficient (Wildman–Crippen LogP) is 3.67. The second-order valence-corrected chi connectivity index (χ2v) is 8.98. The fraction of sp³-hybridized carbons (Fsp3) is 0.200. The Labute approximate surface area is 206 Å². The van der Waals surface area contributed by atoms with Crippen LogP contribution in [0.4, 0.5) is 19.1 Å². The van der Waals surface area contributed by atoms with Gasteiger partial charge in [0.25, 0.3) is 28.2 Å². The van der Waals surface area contributed by atoms with Gasteiger partial charge in [-0.05, 0) is 12.1 Å². The second-order valence-electron chi connectivity index (χ2n) is 6.93. The van der Waals surface area contributed by atoms with Gasteiger partial charge in [-0.2, -0.15) is 9.97 Å². The maximum atomic E-state index is 13.3. The first-order valence-electron chi connectivity index (χ1n) is 9.86. The van der Waals surface area contributed by atoms with Crippen molar-refractivity contribution in [3.63, 3.8) is 0 Å². The van der Waals surface area contributed by atoms with Gasteiger partial charge in [0.2, 0.25) is 11.7 Å². The highest BCUT2D eigenvalue weighted by molar-refractivity contribution is 7.93. The number of hydrogen-bond acceptors (Lipinski definition) is 9. The van der Waals surface area contributed by atoms with E-state index in [0.717, 1.165) is 12.4 Å². The molecule has 0 aliphatic carbocycles. The lowest BCUT2D eigenvalue weighted by molar-refractivity contribution is 0.0781. The van der Waals surface area contributed by atoms with Crippen LogP contribution in [-0.4, -0.2) is 60.6 Å². The molecule has 0 unspecified atom stereocenters. The van der Waals surface area contributed by atoms with Crippen LogP contribution in [0.15, 0.2) is 35.6 Å². The molecule has 2 N–H and O–H groups in total. The highest BCUT2D eigenvalue weighted by atomic mass is 35.5. The number of H-pyrrole nitrogens is 1. The summed E-state index contributed by atoms with van der Waals surface area (Å²) >= 11 is 6.29. The molecule has 0 radical (unpaired) electrons. The predicted molar refractivity (Wildman–Crippen MR) is 122 cm³/mol. The summed E-state index contributed by atoms with van der Waals surface area (Å²) in [5.74, 6) is -2.05. The smallest absolute Gasteiger partial charge is 0.272 e. The van der Waals surface area contributed by atoms with Gasteiger partial charge < -0.3 is 19.2 Å². The third kappa shape index (κ3) is 4.92. The molecule has 0 bridgehead atoms. The molecule has 11 nitrogen and oxygen atoms in total. The summed E-state index contributed by atoms with van der Waals surface area (Å²) in [6.45, 7) is -0.987. The van der Waals surface area contributed by atoms with Crippen molar-refractivity contribution in [1.29, 1.82) is 0 Å². The van der Waals surface area contributed by atoms with Gasteiger partial charge in [0, 0.05) is 11.6 Å². The van der Waals surface area contributed by atoms with Crippen molar-refractivity contribution < 1.29 is 35.8 Å². The summed E-state index contributed by atoms with van der Waals surface area (Å²) in [6, 6.07) is 2.90. The zero-order chi connectivity index (χ0) is 26.0. The van der Waals surface area contributed by atoms with Crippen molar-refractivity contribution in [2.24, 2.45) is 0 Å². The number of anilines is 1. The number of aromatic amines is 1. The molecule has 0 atom stereocenters. The van der Waals surface area contributed by atoms with Crippen LogP contribution in [0.25, 0.3) is 22.3 Å². The van der Waals surface area contributed by atoms with Gasteiger partial charge in [0.15, 0.2) is 11.6 Å². The molecule has 0 saturated carbocycles. The zero-order valence-electron chi connectivity index (χ0n) is 18.4. The Morgan fingerprint density at radius 2 is 1.75 bits per heavy atom. The van der Waals surface area contributed by atoms with E-state index in [0.29, 0.717) is 0 Å². The molecule has 16 heteroatoms. The molecule has 0 aliphatic rings. The van der Waals surface area contributed by atoms with Crippen LogP contribution in [-0.2, 0) is 10.0 Å². The largest absolute Gasteiger partial charge is 0.478 e. The molecule has 0 fully saturated rings. The molecule has 0 spiro atoms. The van der Waals surface area contributed by atoms with E-state index in [1.807, 2.05) is 0 Å². The van der Waals surface area contributed by atoms with E-state index in [1.165, 1.54) is 32.5 Å². The number of ether oxygens (including phenoxy) is 3. The number of nitrogens with one attached hydrogen (secondary N) is 2. The SMILES string of the molecule is COc1nc(NS(=O)(=O)c2c[nH]c3c(-c4ncc(F)cn4)c(Cl)ccc23)nc(OC)c1OCC(F)F. The van der Waals surface area contributed by atoms with Crippen LogP contribution in [0.2, 0.25) is 5.02 Å². The molecule has 190 valence electrons. The van der Waals surface area contributed by atoms with Crippen LogP contribution in [0.3, 0.4) is 0 Å². The van der Waals surface area contributed by atoms with Crippen molar-refractivity contribution >= 4 is 38.5 Å². The average Bonchev–Trinajstić information content (AvgIpc) is 3.28. The van der Waals surface area contributed by atoms with E-state index < -0.39 is 34.8 Å². The number of methoxy groups -OCH3 is 2. The number of hydrogen-bond donors (Lipinski definition) is 2. The van der Waals surface area contributed by atoms with Gasteiger partial charge in [-0.1, -0.05) is 11.6 Å². The van der Waals surface area contributed by atoms with E-state index in [2.05, 4.69) is 29.6 Å². The maximum absolute atomic E-state index is 13.3. The number of nitrogens with zero attached hydrogens (tertiary/aromatic N) is 4. The molecule has 36 heavy (non-hydrogen) atoms. The van der Waals surface area contributed by atoms with E-state index in [9.17, 15) is 21.6 Å². The maximum Gasteiger partial charge on any atom is 0.272 e. The Hall–Kier alpha value is -3.85. The third-order valence-electron chi connectivity index (χ3n) is 4.67. The fourth-order valence-electron chi connectivity index (χ4n) is 3.21. The highest BCUT2D eigenvalue weighted by Crippen LogP contribution is 2.38. The molecule has 1 aromatic carbocycles. The summed E-state index contributed by atoms with van der Waals surface area (Å²) in [4.78, 5) is 18.2. The van der Waals surface area contributed by atoms with E-state index in [-0.39, 0.29) is 49.7 Å². The molecule has 0 saturated heterocycles. The van der Waals surface area contributed by atoms with Crippen LogP contribution in [0.5, 0.6) is 17.5 Å². The van der Waals surface area contributed by atoms with Gasteiger partial charge in [-0.3, -0.25) is 0 Å². The van der Waals surface area contributed by atoms with E-state index >= 15 is 0 Å². The Morgan fingerprint density at radius 3 is 2.33 bits per heavy atom. The molecule has 4 aromatic rings. The Balaban J connectivity index is 1.74. The number of sulfonamides is 1. The Kier molecular flexibility index (Phi) is 7.03. The molecule has 4 rings (SSSR count). The molecule has 0 amide bonds. The Morgan fingerprint density at radius 1 is 1.11 bits per heavy atom. The van der Waals surface area contributed by atoms with Gasteiger partial charge in [-0.15, -0.1) is 0 Å². The minimum atomic E-state index is -4.33. The molecule has 3 aromatic heterocycles. The van der Waals surface area contributed by atoms with Crippen LogP contribution >= 0.6 is 11.6 Å². The minimum absolute atomic E-state index is 0.0722. The first-order valence-corrected chi connectivity index (χ1v) is 11.7. The summed E-state index contributed by atoms with van der Waals surface area (Å²) < 4.78 is 82.1. The van der Waals surface area contributed by atoms with Gasteiger partial charge >= 0.3 is 0 Å². The standard InChI is InChI=1S/C20H16ClF3N6O5S/c1-33-18-16(35-8-13(23)24)19(34-2)29-20(28-18)30-36(31,32)12-7-25-15-10(12)3-4-11(21)14(15)17-26-5-9(22)6-27-17/h3-7,13,25H,8H2,1-2H3,(H,28,29,30). The number of aromatic nitrogens is 5. The molecular weight excluding hydrogens is 529 g/mol. The van der Waals surface area contributed by atoms with Crippen LogP contribution < -0.4 is 18.9 Å². The molecular formula is C20H16ClF3N6O5S. The van der Waals surface area contributed by atoms with Gasteiger partial charge in [0.05, 0.1) is 42.7 Å². The van der Waals surface area contributed by atoms with Gasteiger partial charge in [0.1, 0.15) is 11.5 Å². The number of fused-ring (bicyclic) bond motifs is 1. The van der Waals surface area contributed by atoms with E-state index in [1.54, 1.807) is 0 Å².